The van der Waals surface area contributed by atoms with Gasteiger partial charge in [0.1, 0.15) is 5.75 Å². The smallest absolute Gasteiger partial charge is 0.270 e. The minimum Gasteiger partial charge on any atom is -0.492 e. The summed E-state index contributed by atoms with van der Waals surface area (Å²) in [6.45, 7) is 1.39. The van der Waals surface area contributed by atoms with Crippen molar-refractivity contribution in [1.29, 1.82) is 0 Å². The number of ether oxygens (including phenoxy) is 1. The van der Waals surface area contributed by atoms with Gasteiger partial charge in [-0.1, -0.05) is 48.5 Å². The van der Waals surface area contributed by atoms with E-state index < -0.39 is 4.92 Å². The van der Waals surface area contributed by atoms with E-state index in [1.165, 1.54) is 18.2 Å². The lowest BCUT2D eigenvalue weighted by Crippen LogP contribution is -2.16. The van der Waals surface area contributed by atoms with E-state index in [0.29, 0.717) is 23.5 Å². The fourth-order valence-electron chi connectivity index (χ4n) is 3.15. The molecule has 3 aromatic carbocycles. The maximum absolute atomic E-state index is 12.9. The molecule has 3 aromatic rings. The molecule has 0 aromatic heterocycles. The molecule has 0 amide bonds. The molecule has 0 fully saturated rings. The summed E-state index contributed by atoms with van der Waals surface area (Å²) in [5.74, 6) is 0.357. The van der Waals surface area contributed by atoms with Crippen molar-refractivity contribution in [3.05, 3.63) is 88.0 Å². The molecule has 3 rings (SSSR count). The lowest BCUT2D eigenvalue weighted by atomic mass is 10.0. The lowest BCUT2D eigenvalue weighted by molar-refractivity contribution is -0.384. The van der Waals surface area contributed by atoms with Gasteiger partial charge in [0.05, 0.1) is 17.1 Å². The van der Waals surface area contributed by atoms with Crippen LogP contribution in [0.1, 0.15) is 22.3 Å². The maximum Gasteiger partial charge on any atom is 0.270 e. The van der Waals surface area contributed by atoms with E-state index in [4.69, 9.17) is 4.74 Å². The number of carbonyl (C=O) groups excluding carboxylic acids is 1. The van der Waals surface area contributed by atoms with Crippen LogP contribution in [0.2, 0.25) is 0 Å². The van der Waals surface area contributed by atoms with Crippen molar-refractivity contribution in [2.24, 2.45) is 0 Å². The number of carbonyl (C=O) groups is 1. The highest BCUT2D eigenvalue weighted by atomic mass is 16.6. The highest BCUT2D eigenvalue weighted by Gasteiger charge is 2.14. The first-order valence-electron chi connectivity index (χ1n) is 9.72. The molecule has 0 unspecified atom stereocenters. The summed E-state index contributed by atoms with van der Waals surface area (Å²) >= 11 is 0. The van der Waals surface area contributed by atoms with Crippen LogP contribution in [0, 0.1) is 10.1 Å². The van der Waals surface area contributed by atoms with Crippen molar-refractivity contribution in [2.75, 3.05) is 27.2 Å². The molecule has 0 atom stereocenters. The Labute approximate surface area is 175 Å². The van der Waals surface area contributed by atoms with Gasteiger partial charge in [0.2, 0.25) is 0 Å². The number of hydrogen-bond acceptors (Lipinski definition) is 5. The van der Waals surface area contributed by atoms with Crippen LogP contribution in [0.5, 0.6) is 5.75 Å². The molecule has 0 heterocycles. The molecule has 0 spiro atoms. The van der Waals surface area contributed by atoms with Crippen LogP contribution in [0.15, 0.2) is 66.7 Å². The van der Waals surface area contributed by atoms with E-state index in [0.717, 1.165) is 23.7 Å². The molecule has 6 nitrogen and oxygen atoms in total. The van der Waals surface area contributed by atoms with Crippen LogP contribution in [0.25, 0.3) is 16.8 Å². The zero-order valence-corrected chi connectivity index (χ0v) is 17.1. The third kappa shape index (κ3) is 5.30. The second-order valence-electron chi connectivity index (χ2n) is 7.22. The number of allylic oxidation sites excluding steroid dienone is 1. The molecular formula is C24H24N2O4. The van der Waals surface area contributed by atoms with Gasteiger partial charge in [-0.15, -0.1) is 0 Å². The summed E-state index contributed by atoms with van der Waals surface area (Å²) < 4.78 is 6.05. The third-order valence-electron chi connectivity index (χ3n) is 4.65. The average molecular weight is 404 g/mol. The molecule has 0 N–H and O–H groups in total. The van der Waals surface area contributed by atoms with Crippen LogP contribution in [-0.2, 0) is 0 Å². The molecule has 0 aliphatic carbocycles. The van der Waals surface area contributed by atoms with E-state index in [-0.39, 0.29) is 11.5 Å². The molecular weight excluding hydrogens is 380 g/mol. The highest BCUT2D eigenvalue weighted by Crippen LogP contribution is 2.31. The first kappa shape index (κ1) is 21.2. The monoisotopic (exact) mass is 404 g/mol. The summed E-state index contributed by atoms with van der Waals surface area (Å²) in [7, 11) is 4.01. The van der Waals surface area contributed by atoms with Crippen LogP contribution >= 0.6 is 0 Å². The molecule has 0 saturated carbocycles. The number of non-ortho nitro benzene ring substituents is 1. The van der Waals surface area contributed by atoms with Gasteiger partial charge >= 0.3 is 0 Å². The van der Waals surface area contributed by atoms with Crippen molar-refractivity contribution in [1.82, 2.24) is 4.90 Å². The van der Waals surface area contributed by atoms with Crippen LogP contribution < -0.4 is 4.74 Å². The zero-order valence-electron chi connectivity index (χ0n) is 17.1. The summed E-state index contributed by atoms with van der Waals surface area (Å²) in [5.41, 5.74) is 1.05. The fraction of sp³-hybridized carbons (Fsp3) is 0.208. The predicted molar refractivity (Wildman–Crippen MR) is 119 cm³/mol. The highest BCUT2D eigenvalue weighted by molar-refractivity contribution is 6.12. The number of fused-ring (bicyclic) bond motifs is 1. The molecule has 0 aliphatic heterocycles. The lowest BCUT2D eigenvalue weighted by Gasteiger charge is -2.14. The number of rotatable bonds is 9. The largest absolute Gasteiger partial charge is 0.492 e. The van der Waals surface area contributed by atoms with Crippen molar-refractivity contribution >= 4 is 28.3 Å². The topological polar surface area (TPSA) is 72.7 Å². The van der Waals surface area contributed by atoms with Gasteiger partial charge in [0.25, 0.3) is 5.69 Å². The Morgan fingerprint density at radius 1 is 1.10 bits per heavy atom. The van der Waals surface area contributed by atoms with Gasteiger partial charge in [-0.25, -0.2) is 0 Å². The van der Waals surface area contributed by atoms with Crippen molar-refractivity contribution in [3.63, 3.8) is 0 Å². The normalized spacial score (nSPS) is 11.3. The second kappa shape index (κ2) is 9.80. The van der Waals surface area contributed by atoms with E-state index in [2.05, 4.69) is 4.90 Å². The van der Waals surface area contributed by atoms with Gasteiger partial charge in [0.15, 0.2) is 5.78 Å². The average Bonchev–Trinajstić information content (AvgIpc) is 2.75. The van der Waals surface area contributed by atoms with Crippen molar-refractivity contribution < 1.29 is 14.5 Å². The van der Waals surface area contributed by atoms with Crippen molar-refractivity contribution in [2.45, 2.75) is 6.42 Å². The number of nitrogens with zero attached hydrogens (tertiary/aromatic N) is 2. The number of nitro benzene ring substituents is 1. The van der Waals surface area contributed by atoms with Gasteiger partial charge in [-0.3, -0.25) is 14.9 Å². The van der Waals surface area contributed by atoms with Gasteiger partial charge in [-0.05, 0) is 43.6 Å². The molecule has 154 valence electrons. The molecule has 0 saturated heterocycles. The Balaban J connectivity index is 1.88. The van der Waals surface area contributed by atoms with E-state index in [1.807, 2.05) is 44.4 Å². The number of nitro groups is 1. The molecule has 0 aliphatic rings. The summed E-state index contributed by atoms with van der Waals surface area (Å²) in [6.07, 6.45) is 3.85. The molecule has 6 heteroatoms. The Hall–Kier alpha value is -3.51. The Bertz CT molecular complexity index is 1090. The quantitative estimate of drug-likeness (QED) is 0.165. The van der Waals surface area contributed by atoms with Gasteiger partial charge < -0.3 is 9.64 Å². The third-order valence-corrected chi connectivity index (χ3v) is 4.65. The van der Waals surface area contributed by atoms with Crippen LogP contribution in [0.4, 0.5) is 5.69 Å². The summed E-state index contributed by atoms with van der Waals surface area (Å²) in [6, 6.07) is 17.6. The number of benzene rings is 3. The molecule has 0 bridgehead atoms. The Morgan fingerprint density at radius 3 is 2.67 bits per heavy atom. The number of ketones is 1. The van der Waals surface area contributed by atoms with E-state index in [1.54, 1.807) is 24.3 Å². The minimum atomic E-state index is -0.456. The van der Waals surface area contributed by atoms with Gasteiger partial charge in [-0.2, -0.15) is 0 Å². The number of hydrogen-bond donors (Lipinski definition) is 0. The first-order valence-corrected chi connectivity index (χ1v) is 9.72. The second-order valence-corrected chi connectivity index (χ2v) is 7.22. The predicted octanol–water partition coefficient (Wildman–Crippen LogP) is 4.97. The molecule has 0 radical (unpaired) electrons. The molecule has 30 heavy (non-hydrogen) atoms. The SMILES string of the molecule is CN(C)CCCOc1c(C(=O)/C=C/c2cccc([N+](=O)[O-])c2)ccc2ccccc12. The Kier molecular flexibility index (Phi) is 6.93. The minimum absolute atomic E-state index is 0.0137. The van der Waals surface area contributed by atoms with E-state index >= 15 is 0 Å². The first-order chi connectivity index (χ1) is 14.5. The van der Waals surface area contributed by atoms with Crippen LogP contribution in [0.3, 0.4) is 0 Å². The van der Waals surface area contributed by atoms with Gasteiger partial charge in [0, 0.05) is 24.1 Å². The van der Waals surface area contributed by atoms with Crippen molar-refractivity contribution in [3.8, 4) is 5.75 Å². The Morgan fingerprint density at radius 2 is 1.90 bits per heavy atom. The zero-order chi connectivity index (χ0) is 21.5. The maximum atomic E-state index is 12.9. The standard InChI is InChI=1S/C24H24N2O4/c1-25(2)15-6-16-30-24-21-10-4-3-8-19(21)12-13-22(24)23(27)14-11-18-7-5-9-20(17-18)26(28)29/h3-5,7-14,17H,6,15-16H2,1-2H3/b14-11+. The van der Waals surface area contributed by atoms with Crippen LogP contribution in [-0.4, -0.2) is 42.9 Å². The summed E-state index contributed by atoms with van der Waals surface area (Å²) in [4.78, 5) is 25.5. The fourth-order valence-corrected chi connectivity index (χ4v) is 3.15. The summed E-state index contributed by atoms with van der Waals surface area (Å²) in [5, 5.41) is 12.8. The van der Waals surface area contributed by atoms with E-state index in [9.17, 15) is 14.9 Å².